The van der Waals surface area contributed by atoms with Crippen LogP contribution in [-0.2, 0) is 4.79 Å². The SMILES string of the molecule is C[C@H]1CCC[C@@H](F)N1C=O. The molecule has 2 atom stereocenters. The van der Waals surface area contributed by atoms with E-state index in [0.29, 0.717) is 12.8 Å². The quantitative estimate of drug-likeness (QED) is 0.402. The van der Waals surface area contributed by atoms with E-state index in [2.05, 4.69) is 0 Å². The van der Waals surface area contributed by atoms with E-state index in [1.165, 1.54) is 4.90 Å². The largest absolute Gasteiger partial charge is 0.312 e. The second kappa shape index (κ2) is 2.99. The van der Waals surface area contributed by atoms with Gasteiger partial charge in [-0.2, -0.15) is 0 Å². The molecular weight excluding hydrogens is 133 g/mol. The van der Waals surface area contributed by atoms with Crippen LogP contribution in [0.4, 0.5) is 4.39 Å². The van der Waals surface area contributed by atoms with Crippen molar-refractivity contribution in [2.24, 2.45) is 0 Å². The van der Waals surface area contributed by atoms with Crippen LogP contribution >= 0.6 is 0 Å². The van der Waals surface area contributed by atoms with Gasteiger partial charge in [0.15, 0.2) is 6.30 Å². The summed E-state index contributed by atoms with van der Waals surface area (Å²) in [5.41, 5.74) is 0. The van der Waals surface area contributed by atoms with Gasteiger partial charge < -0.3 is 4.90 Å². The molecule has 1 aliphatic rings. The molecule has 0 radical (unpaired) electrons. The number of piperidine rings is 1. The lowest BCUT2D eigenvalue weighted by molar-refractivity contribution is -0.128. The summed E-state index contributed by atoms with van der Waals surface area (Å²) in [6.07, 6.45) is 1.89. The number of amides is 1. The molecule has 1 heterocycles. The Morgan fingerprint density at radius 3 is 2.70 bits per heavy atom. The molecule has 0 aliphatic carbocycles. The fourth-order valence-electron chi connectivity index (χ4n) is 1.33. The molecule has 58 valence electrons. The first-order chi connectivity index (χ1) is 4.75. The molecule has 0 aromatic heterocycles. The number of likely N-dealkylation sites (tertiary alicyclic amines) is 1. The van der Waals surface area contributed by atoms with Crippen molar-refractivity contribution in [1.82, 2.24) is 4.90 Å². The summed E-state index contributed by atoms with van der Waals surface area (Å²) in [5.74, 6) is 0. The Morgan fingerprint density at radius 2 is 2.30 bits per heavy atom. The first-order valence-electron chi connectivity index (χ1n) is 3.62. The summed E-state index contributed by atoms with van der Waals surface area (Å²) < 4.78 is 12.8. The Balaban J connectivity index is 2.53. The Labute approximate surface area is 60.0 Å². The van der Waals surface area contributed by atoms with E-state index >= 15 is 0 Å². The number of alkyl halides is 1. The molecule has 0 unspecified atom stereocenters. The van der Waals surface area contributed by atoms with Crippen molar-refractivity contribution in [2.75, 3.05) is 0 Å². The fraction of sp³-hybridized carbons (Fsp3) is 0.857. The number of hydrogen-bond acceptors (Lipinski definition) is 1. The fourth-order valence-corrected chi connectivity index (χ4v) is 1.33. The van der Waals surface area contributed by atoms with Crippen LogP contribution < -0.4 is 0 Å². The smallest absolute Gasteiger partial charge is 0.212 e. The summed E-state index contributed by atoms with van der Waals surface area (Å²) in [7, 11) is 0. The van der Waals surface area contributed by atoms with E-state index < -0.39 is 6.30 Å². The number of rotatable bonds is 1. The van der Waals surface area contributed by atoms with E-state index in [9.17, 15) is 9.18 Å². The van der Waals surface area contributed by atoms with Crippen molar-refractivity contribution in [2.45, 2.75) is 38.5 Å². The minimum Gasteiger partial charge on any atom is -0.312 e. The Hall–Kier alpha value is -0.600. The van der Waals surface area contributed by atoms with Gasteiger partial charge in [-0.05, 0) is 26.2 Å². The average Bonchev–Trinajstić information content (AvgIpc) is 1.88. The molecule has 1 rings (SSSR count). The van der Waals surface area contributed by atoms with Crippen molar-refractivity contribution in [1.29, 1.82) is 0 Å². The third-order valence-electron chi connectivity index (χ3n) is 2.02. The highest BCUT2D eigenvalue weighted by atomic mass is 19.1. The van der Waals surface area contributed by atoms with E-state index in [0.717, 1.165) is 12.8 Å². The van der Waals surface area contributed by atoms with Gasteiger partial charge in [0.1, 0.15) is 0 Å². The zero-order valence-electron chi connectivity index (χ0n) is 6.09. The normalized spacial score (nSPS) is 34.0. The molecule has 0 spiro atoms. The molecule has 1 saturated heterocycles. The molecule has 2 nitrogen and oxygen atoms in total. The minimum absolute atomic E-state index is 0.0845. The van der Waals surface area contributed by atoms with Crippen LogP contribution in [-0.4, -0.2) is 23.6 Å². The van der Waals surface area contributed by atoms with Gasteiger partial charge in [0.25, 0.3) is 0 Å². The lowest BCUT2D eigenvalue weighted by atomic mass is 10.0. The standard InChI is InChI=1S/C7H12FNO/c1-6-3-2-4-7(8)9(6)5-10/h5-7H,2-4H2,1H3/t6-,7-/m0/s1. The molecule has 0 bridgehead atoms. The first kappa shape index (κ1) is 7.51. The van der Waals surface area contributed by atoms with Crippen LogP contribution in [0.2, 0.25) is 0 Å². The Kier molecular flexibility index (Phi) is 2.25. The van der Waals surface area contributed by atoms with Gasteiger partial charge in [-0.3, -0.25) is 4.79 Å². The molecule has 0 aromatic carbocycles. The van der Waals surface area contributed by atoms with Crippen molar-refractivity contribution in [3.63, 3.8) is 0 Å². The van der Waals surface area contributed by atoms with Gasteiger partial charge >= 0.3 is 0 Å². The van der Waals surface area contributed by atoms with Gasteiger partial charge in [0.2, 0.25) is 6.41 Å². The third-order valence-corrected chi connectivity index (χ3v) is 2.02. The van der Waals surface area contributed by atoms with Crippen molar-refractivity contribution in [3.8, 4) is 0 Å². The lowest BCUT2D eigenvalue weighted by Crippen LogP contribution is -2.41. The van der Waals surface area contributed by atoms with Gasteiger partial charge in [0, 0.05) is 6.04 Å². The highest BCUT2D eigenvalue weighted by Gasteiger charge is 2.25. The van der Waals surface area contributed by atoms with Crippen LogP contribution in [0.1, 0.15) is 26.2 Å². The first-order valence-corrected chi connectivity index (χ1v) is 3.62. The van der Waals surface area contributed by atoms with Crippen LogP contribution in [0.5, 0.6) is 0 Å². The highest BCUT2D eigenvalue weighted by Crippen LogP contribution is 2.21. The van der Waals surface area contributed by atoms with Crippen LogP contribution in [0.3, 0.4) is 0 Å². The van der Waals surface area contributed by atoms with E-state index in [1.807, 2.05) is 6.92 Å². The number of carbonyl (C=O) groups excluding carboxylic acids is 1. The number of nitrogens with zero attached hydrogens (tertiary/aromatic N) is 1. The molecule has 0 saturated carbocycles. The molecule has 0 aromatic rings. The topological polar surface area (TPSA) is 20.3 Å². The maximum absolute atomic E-state index is 12.8. The maximum atomic E-state index is 12.8. The van der Waals surface area contributed by atoms with Crippen LogP contribution in [0.15, 0.2) is 0 Å². The van der Waals surface area contributed by atoms with Gasteiger partial charge in [-0.25, -0.2) is 4.39 Å². The van der Waals surface area contributed by atoms with E-state index in [-0.39, 0.29) is 6.04 Å². The maximum Gasteiger partial charge on any atom is 0.212 e. The predicted octanol–water partition coefficient (Wildman–Crippen LogP) is 1.31. The molecule has 1 aliphatic heterocycles. The number of carbonyl (C=O) groups is 1. The molecule has 10 heavy (non-hydrogen) atoms. The zero-order valence-corrected chi connectivity index (χ0v) is 6.09. The Bertz CT molecular complexity index is 119. The van der Waals surface area contributed by atoms with Gasteiger partial charge in [-0.1, -0.05) is 0 Å². The highest BCUT2D eigenvalue weighted by molar-refractivity contribution is 5.48. The Morgan fingerprint density at radius 1 is 1.60 bits per heavy atom. The van der Waals surface area contributed by atoms with E-state index in [1.54, 1.807) is 0 Å². The summed E-state index contributed by atoms with van der Waals surface area (Å²) in [4.78, 5) is 11.5. The van der Waals surface area contributed by atoms with Crippen LogP contribution in [0.25, 0.3) is 0 Å². The predicted molar refractivity (Wildman–Crippen MR) is 36.1 cm³/mol. The van der Waals surface area contributed by atoms with Crippen molar-refractivity contribution >= 4 is 6.41 Å². The molecular formula is C7H12FNO. The summed E-state index contributed by atoms with van der Waals surface area (Å²) in [6, 6.07) is 0.0845. The van der Waals surface area contributed by atoms with Crippen LogP contribution in [0, 0.1) is 0 Å². The number of hydrogen-bond donors (Lipinski definition) is 0. The molecule has 0 N–H and O–H groups in total. The van der Waals surface area contributed by atoms with Crippen molar-refractivity contribution < 1.29 is 9.18 Å². The van der Waals surface area contributed by atoms with E-state index in [4.69, 9.17) is 0 Å². The monoisotopic (exact) mass is 145 g/mol. The summed E-state index contributed by atoms with van der Waals surface area (Å²) in [6.45, 7) is 1.88. The zero-order chi connectivity index (χ0) is 7.56. The van der Waals surface area contributed by atoms with Gasteiger partial charge in [0.05, 0.1) is 0 Å². The van der Waals surface area contributed by atoms with Crippen molar-refractivity contribution in [3.05, 3.63) is 0 Å². The summed E-state index contributed by atoms with van der Waals surface area (Å²) in [5, 5.41) is 0. The second-order valence-corrected chi connectivity index (χ2v) is 2.77. The lowest BCUT2D eigenvalue weighted by Gasteiger charge is -2.32. The molecule has 1 fully saturated rings. The summed E-state index contributed by atoms with van der Waals surface area (Å²) >= 11 is 0. The average molecular weight is 145 g/mol. The number of halogens is 1. The third kappa shape index (κ3) is 1.28. The van der Waals surface area contributed by atoms with Gasteiger partial charge in [-0.15, -0.1) is 0 Å². The minimum atomic E-state index is -1.04. The molecule has 1 amide bonds. The second-order valence-electron chi connectivity index (χ2n) is 2.77. The molecule has 3 heteroatoms.